The largest absolute Gasteiger partial charge is 0.481 e. The zero-order chi connectivity index (χ0) is 14.4. The molecule has 0 heterocycles. The Morgan fingerprint density at radius 3 is 2.37 bits per heavy atom. The van der Waals surface area contributed by atoms with Crippen molar-refractivity contribution in [3.8, 4) is 0 Å². The highest BCUT2D eigenvalue weighted by Crippen LogP contribution is 2.32. The fourth-order valence-electron chi connectivity index (χ4n) is 2.95. The minimum absolute atomic E-state index is 0.0149. The Labute approximate surface area is 114 Å². The summed E-state index contributed by atoms with van der Waals surface area (Å²) in [7, 11) is 1.61. The van der Waals surface area contributed by atoms with E-state index in [1.165, 1.54) is 0 Å². The molecule has 0 bridgehead atoms. The Balaban J connectivity index is 2.79. The van der Waals surface area contributed by atoms with Gasteiger partial charge in [0.2, 0.25) is 5.91 Å². The molecule has 1 aliphatic rings. The number of carboxylic acids is 1. The molecular weight excluding hydrogens is 246 g/mol. The summed E-state index contributed by atoms with van der Waals surface area (Å²) in [6.45, 7) is 4.92. The number of hydrogen-bond donors (Lipinski definition) is 1. The Bertz CT molecular complexity index is 319. The quantitative estimate of drug-likeness (QED) is 0.799. The summed E-state index contributed by atoms with van der Waals surface area (Å²) in [6.07, 6.45) is 3.14. The van der Waals surface area contributed by atoms with Gasteiger partial charge in [0, 0.05) is 13.7 Å². The zero-order valence-electron chi connectivity index (χ0n) is 12.1. The van der Waals surface area contributed by atoms with Crippen molar-refractivity contribution in [1.29, 1.82) is 0 Å². The smallest absolute Gasteiger partial charge is 0.307 e. The Hall–Kier alpha value is -1.10. The van der Waals surface area contributed by atoms with Crippen molar-refractivity contribution < 1.29 is 19.4 Å². The number of amides is 1. The molecule has 19 heavy (non-hydrogen) atoms. The van der Waals surface area contributed by atoms with Crippen molar-refractivity contribution in [2.24, 2.45) is 11.8 Å². The number of aliphatic carboxylic acids is 1. The van der Waals surface area contributed by atoms with Crippen LogP contribution in [0, 0.1) is 11.8 Å². The van der Waals surface area contributed by atoms with E-state index < -0.39 is 11.9 Å². The van der Waals surface area contributed by atoms with Crippen molar-refractivity contribution in [2.75, 3.05) is 20.3 Å². The zero-order valence-corrected chi connectivity index (χ0v) is 12.1. The molecule has 110 valence electrons. The average molecular weight is 271 g/mol. The van der Waals surface area contributed by atoms with E-state index in [-0.39, 0.29) is 17.9 Å². The summed E-state index contributed by atoms with van der Waals surface area (Å²) in [6, 6.07) is -0.0149. The normalized spacial score (nSPS) is 24.8. The second kappa shape index (κ2) is 7.48. The number of nitrogens with zero attached hydrogens (tertiary/aromatic N) is 1. The molecular formula is C14H25NO4. The molecule has 0 radical (unpaired) electrons. The lowest BCUT2D eigenvalue weighted by molar-refractivity contribution is -0.153. The third-order valence-corrected chi connectivity index (χ3v) is 3.96. The van der Waals surface area contributed by atoms with Crippen LogP contribution >= 0.6 is 0 Å². The average Bonchev–Trinajstić information content (AvgIpc) is 2.39. The second-order valence-corrected chi connectivity index (χ2v) is 5.26. The number of hydrogen-bond acceptors (Lipinski definition) is 3. The van der Waals surface area contributed by atoms with Gasteiger partial charge >= 0.3 is 5.97 Å². The minimum Gasteiger partial charge on any atom is -0.481 e. The second-order valence-electron chi connectivity index (χ2n) is 5.26. The molecule has 3 atom stereocenters. The van der Waals surface area contributed by atoms with Crippen LogP contribution < -0.4 is 0 Å². The number of carbonyl (C=O) groups is 2. The van der Waals surface area contributed by atoms with Crippen LogP contribution in [-0.4, -0.2) is 48.2 Å². The van der Waals surface area contributed by atoms with Crippen LogP contribution in [0.1, 0.15) is 39.5 Å². The first-order chi connectivity index (χ1) is 9.02. The molecule has 0 aromatic carbocycles. The van der Waals surface area contributed by atoms with Crippen LogP contribution in [-0.2, 0) is 14.3 Å². The molecule has 3 unspecified atom stereocenters. The van der Waals surface area contributed by atoms with Crippen LogP contribution in [0.15, 0.2) is 0 Å². The van der Waals surface area contributed by atoms with E-state index in [0.29, 0.717) is 26.0 Å². The van der Waals surface area contributed by atoms with Gasteiger partial charge in [0.1, 0.15) is 0 Å². The lowest BCUT2D eigenvalue weighted by atomic mass is 9.78. The first kappa shape index (κ1) is 16.0. The monoisotopic (exact) mass is 271 g/mol. The topological polar surface area (TPSA) is 66.8 Å². The molecule has 1 fully saturated rings. The van der Waals surface area contributed by atoms with E-state index in [1.54, 1.807) is 12.0 Å². The van der Waals surface area contributed by atoms with E-state index >= 15 is 0 Å². The maximum atomic E-state index is 12.6. The number of methoxy groups -OCH3 is 1. The van der Waals surface area contributed by atoms with Crippen molar-refractivity contribution in [3.05, 3.63) is 0 Å². The third kappa shape index (κ3) is 3.93. The molecule has 1 amide bonds. The molecule has 1 N–H and O–H groups in total. The third-order valence-electron chi connectivity index (χ3n) is 3.96. The van der Waals surface area contributed by atoms with E-state index in [4.69, 9.17) is 4.74 Å². The van der Waals surface area contributed by atoms with Gasteiger partial charge in [-0.3, -0.25) is 9.59 Å². The number of carbonyl (C=O) groups excluding carboxylic acids is 1. The Morgan fingerprint density at radius 1 is 1.32 bits per heavy atom. The lowest BCUT2D eigenvalue weighted by Gasteiger charge is -2.35. The Kier molecular flexibility index (Phi) is 6.28. The first-order valence-corrected chi connectivity index (χ1v) is 7.05. The minimum atomic E-state index is -0.839. The lowest BCUT2D eigenvalue weighted by Crippen LogP contribution is -2.47. The van der Waals surface area contributed by atoms with Gasteiger partial charge in [-0.1, -0.05) is 12.8 Å². The predicted octanol–water partition coefficient (Wildman–Crippen LogP) is 1.76. The maximum Gasteiger partial charge on any atom is 0.307 e. The molecule has 0 saturated heterocycles. The molecule has 5 nitrogen and oxygen atoms in total. The van der Waals surface area contributed by atoms with Gasteiger partial charge in [-0.2, -0.15) is 0 Å². The highest BCUT2D eigenvalue weighted by atomic mass is 16.5. The summed E-state index contributed by atoms with van der Waals surface area (Å²) in [4.78, 5) is 25.6. The highest BCUT2D eigenvalue weighted by Gasteiger charge is 2.38. The summed E-state index contributed by atoms with van der Waals surface area (Å²) in [5, 5.41) is 9.26. The van der Waals surface area contributed by atoms with E-state index in [2.05, 4.69) is 0 Å². The summed E-state index contributed by atoms with van der Waals surface area (Å²) in [5.74, 6) is -1.76. The van der Waals surface area contributed by atoms with Crippen LogP contribution in [0.4, 0.5) is 0 Å². The van der Waals surface area contributed by atoms with Crippen LogP contribution in [0.25, 0.3) is 0 Å². The van der Waals surface area contributed by atoms with Gasteiger partial charge in [0.15, 0.2) is 0 Å². The van der Waals surface area contributed by atoms with Crippen molar-refractivity contribution in [3.63, 3.8) is 0 Å². The summed E-state index contributed by atoms with van der Waals surface area (Å²) < 4.78 is 5.09. The van der Waals surface area contributed by atoms with Gasteiger partial charge < -0.3 is 14.7 Å². The standard InChI is InChI=1S/C14H25NO4/c1-4-15(10(2)9-19-3)13(16)11-7-5-6-8-12(11)14(17)18/h10-12H,4-9H2,1-3H3,(H,17,18). The molecule has 1 rings (SSSR count). The summed E-state index contributed by atoms with van der Waals surface area (Å²) in [5.41, 5.74) is 0. The molecule has 5 heteroatoms. The van der Waals surface area contributed by atoms with Gasteiger partial charge in [-0.25, -0.2) is 0 Å². The van der Waals surface area contributed by atoms with Gasteiger partial charge in [0.25, 0.3) is 0 Å². The Morgan fingerprint density at radius 2 is 1.89 bits per heavy atom. The van der Waals surface area contributed by atoms with Crippen LogP contribution in [0.2, 0.25) is 0 Å². The SMILES string of the molecule is CCN(C(=O)C1CCCCC1C(=O)O)C(C)COC. The molecule has 0 aromatic heterocycles. The highest BCUT2D eigenvalue weighted by molar-refractivity contribution is 5.85. The molecule has 0 spiro atoms. The van der Waals surface area contributed by atoms with Crippen molar-refractivity contribution in [2.45, 2.75) is 45.6 Å². The maximum absolute atomic E-state index is 12.6. The van der Waals surface area contributed by atoms with Gasteiger partial charge in [0.05, 0.1) is 24.5 Å². The number of carboxylic acid groups (broad SMARTS) is 1. The number of ether oxygens (including phenoxy) is 1. The predicted molar refractivity (Wildman–Crippen MR) is 71.8 cm³/mol. The first-order valence-electron chi connectivity index (χ1n) is 7.05. The van der Waals surface area contributed by atoms with E-state index in [0.717, 1.165) is 12.8 Å². The molecule has 0 aliphatic heterocycles. The molecule has 1 aliphatic carbocycles. The van der Waals surface area contributed by atoms with Crippen LogP contribution in [0.3, 0.4) is 0 Å². The fraction of sp³-hybridized carbons (Fsp3) is 0.857. The van der Waals surface area contributed by atoms with Gasteiger partial charge in [-0.05, 0) is 26.7 Å². The van der Waals surface area contributed by atoms with Gasteiger partial charge in [-0.15, -0.1) is 0 Å². The number of likely N-dealkylation sites (N-methyl/N-ethyl adjacent to an activating group) is 1. The van der Waals surface area contributed by atoms with Crippen molar-refractivity contribution >= 4 is 11.9 Å². The fourth-order valence-corrected chi connectivity index (χ4v) is 2.95. The molecule has 0 aromatic rings. The van der Waals surface area contributed by atoms with E-state index in [1.807, 2.05) is 13.8 Å². The molecule has 1 saturated carbocycles. The summed E-state index contributed by atoms with van der Waals surface area (Å²) >= 11 is 0. The van der Waals surface area contributed by atoms with Crippen molar-refractivity contribution in [1.82, 2.24) is 4.90 Å². The van der Waals surface area contributed by atoms with Crippen LogP contribution in [0.5, 0.6) is 0 Å². The number of rotatable bonds is 6. The van der Waals surface area contributed by atoms with E-state index in [9.17, 15) is 14.7 Å².